The first-order chi connectivity index (χ1) is 30.4. The second kappa shape index (κ2) is 12.8. The van der Waals surface area contributed by atoms with E-state index in [2.05, 4.69) is 102 Å². The molecule has 0 N–H and O–H groups in total. The molecule has 9 aromatic carbocycles. The van der Waals surface area contributed by atoms with Crippen molar-refractivity contribution in [3.8, 4) is 33.6 Å². The highest BCUT2D eigenvalue weighted by Crippen LogP contribution is 2.50. The van der Waals surface area contributed by atoms with E-state index in [0.29, 0.717) is 11.1 Å². The number of rotatable bonds is 4. The molecule has 4 aromatic heterocycles. The Morgan fingerprint density at radius 3 is 1.26 bits per heavy atom. The van der Waals surface area contributed by atoms with Crippen molar-refractivity contribution in [1.82, 2.24) is 9.13 Å². The first-order valence-electron chi connectivity index (χ1n) is 20.8. The van der Waals surface area contributed by atoms with Crippen LogP contribution in [0.5, 0.6) is 0 Å². The molecule has 4 heterocycles. The number of halogens is 2. The quantitative estimate of drug-likeness (QED) is 0.178. The molecule has 0 radical (unpaired) electrons. The number of para-hydroxylation sites is 4. The Morgan fingerprint density at radius 1 is 0.371 bits per heavy atom. The minimum atomic E-state index is -0.349. The highest BCUT2D eigenvalue weighted by Gasteiger charge is 2.30. The fraction of sp³-hybridized carbons (Fsp3) is 0.0357. The van der Waals surface area contributed by atoms with Crippen LogP contribution in [0.15, 0.2) is 179 Å². The molecule has 0 saturated carbocycles. The van der Waals surface area contributed by atoms with E-state index in [1.54, 1.807) is 24.3 Å². The van der Waals surface area contributed by atoms with Gasteiger partial charge in [-0.1, -0.05) is 97.1 Å². The molecule has 0 unspecified atom stereocenters. The van der Waals surface area contributed by atoms with E-state index in [-0.39, 0.29) is 11.6 Å². The third kappa shape index (κ3) is 4.69. The Morgan fingerprint density at radius 2 is 0.790 bits per heavy atom. The fourth-order valence-corrected chi connectivity index (χ4v) is 10.5. The molecule has 13 rings (SSSR count). The van der Waals surface area contributed by atoms with Crippen molar-refractivity contribution in [2.75, 3.05) is 0 Å². The Bertz CT molecular complexity index is 3980. The van der Waals surface area contributed by atoms with E-state index >= 15 is 8.78 Å². The van der Waals surface area contributed by atoms with Gasteiger partial charge >= 0.3 is 0 Å². The molecule has 294 valence electrons. The van der Waals surface area contributed by atoms with E-state index in [0.717, 1.165) is 121 Å². The number of nitrogens with zero attached hydrogens (tertiary/aromatic N) is 2. The van der Waals surface area contributed by atoms with Crippen molar-refractivity contribution in [1.29, 1.82) is 0 Å². The fourth-order valence-electron chi connectivity index (χ4n) is 10.5. The summed E-state index contributed by atoms with van der Waals surface area (Å²) in [6.07, 6.45) is 0. The van der Waals surface area contributed by atoms with Gasteiger partial charge in [0.15, 0.2) is 0 Å². The lowest BCUT2D eigenvalue weighted by molar-refractivity contribution is 0.628. The van der Waals surface area contributed by atoms with Gasteiger partial charge in [0.2, 0.25) is 0 Å². The van der Waals surface area contributed by atoms with Gasteiger partial charge in [0.1, 0.15) is 34.0 Å². The summed E-state index contributed by atoms with van der Waals surface area (Å²) in [6, 6.07) is 55.3. The van der Waals surface area contributed by atoms with Crippen molar-refractivity contribution in [2.45, 2.75) is 13.8 Å². The minimum Gasteiger partial charge on any atom is -0.455 e. The second-order valence-corrected chi connectivity index (χ2v) is 16.3. The third-order valence-corrected chi connectivity index (χ3v) is 13.0. The van der Waals surface area contributed by atoms with Crippen LogP contribution in [0.1, 0.15) is 11.1 Å². The zero-order valence-corrected chi connectivity index (χ0v) is 33.6. The molecule has 0 bridgehead atoms. The summed E-state index contributed by atoms with van der Waals surface area (Å²) in [5, 5.41) is 8.22. The van der Waals surface area contributed by atoms with Crippen LogP contribution in [0.2, 0.25) is 0 Å². The van der Waals surface area contributed by atoms with Gasteiger partial charge in [-0.2, -0.15) is 0 Å². The van der Waals surface area contributed by atoms with Gasteiger partial charge in [-0.3, -0.25) is 0 Å². The van der Waals surface area contributed by atoms with E-state index in [4.69, 9.17) is 8.83 Å². The minimum absolute atomic E-state index is 0.349. The van der Waals surface area contributed by atoms with Gasteiger partial charge in [0.25, 0.3) is 0 Å². The van der Waals surface area contributed by atoms with Gasteiger partial charge in [-0.05, 0) is 109 Å². The lowest BCUT2D eigenvalue weighted by Gasteiger charge is -2.27. The van der Waals surface area contributed by atoms with Crippen molar-refractivity contribution >= 4 is 87.5 Å². The summed E-state index contributed by atoms with van der Waals surface area (Å²) >= 11 is 0. The number of aromatic nitrogens is 2. The maximum atomic E-state index is 15.7. The molecule has 0 saturated heterocycles. The van der Waals surface area contributed by atoms with Crippen molar-refractivity contribution < 1.29 is 17.6 Å². The largest absolute Gasteiger partial charge is 0.455 e. The molecule has 0 aliphatic rings. The van der Waals surface area contributed by atoms with E-state index in [1.807, 2.05) is 54.6 Å². The molecule has 0 aliphatic carbocycles. The van der Waals surface area contributed by atoms with Crippen molar-refractivity contribution in [3.63, 3.8) is 0 Å². The van der Waals surface area contributed by atoms with Crippen molar-refractivity contribution in [2.24, 2.45) is 0 Å². The van der Waals surface area contributed by atoms with Gasteiger partial charge in [-0.15, -0.1) is 0 Å². The predicted molar refractivity (Wildman–Crippen MR) is 250 cm³/mol. The Balaban J connectivity index is 1.25. The number of hydrogen-bond donors (Lipinski definition) is 0. The normalized spacial score (nSPS) is 12.2. The molecule has 62 heavy (non-hydrogen) atoms. The molecular formula is C56H34F2N2O2. The molecule has 0 amide bonds. The van der Waals surface area contributed by atoms with Crippen LogP contribution in [0.25, 0.3) is 121 Å². The van der Waals surface area contributed by atoms with E-state index in [9.17, 15) is 0 Å². The number of hydrogen-bond acceptors (Lipinski definition) is 2. The molecule has 4 nitrogen and oxygen atoms in total. The van der Waals surface area contributed by atoms with Crippen molar-refractivity contribution in [3.05, 3.63) is 193 Å². The predicted octanol–water partition coefficient (Wildman–Crippen LogP) is 15.9. The zero-order chi connectivity index (χ0) is 41.4. The SMILES string of the molecule is Cc1c(-c2cccc(F)c2)c(-n2c3ccccc3c3c4oc5ccccc5c4ccc32)c(-c2cccc(F)c2)c(C)c1-n1c2ccccc2c2c3oc4ccccc4c3ccc21. The van der Waals surface area contributed by atoms with Crippen LogP contribution in [0.3, 0.4) is 0 Å². The Kier molecular flexibility index (Phi) is 7.18. The summed E-state index contributed by atoms with van der Waals surface area (Å²) in [7, 11) is 0. The highest BCUT2D eigenvalue weighted by atomic mass is 19.1. The maximum Gasteiger partial charge on any atom is 0.145 e. The zero-order valence-electron chi connectivity index (χ0n) is 33.6. The van der Waals surface area contributed by atoms with E-state index in [1.165, 1.54) is 12.1 Å². The maximum absolute atomic E-state index is 15.7. The van der Waals surface area contributed by atoms with Gasteiger partial charge in [-0.25, -0.2) is 8.78 Å². The average Bonchev–Trinajstić information content (AvgIpc) is 4.04. The smallest absolute Gasteiger partial charge is 0.145 e. The molecule has 6 heteroatoms. The van der Waals surface area contributed by atoms with Crippen LogP contribution >= 0.6 is 0 Å². The van der Waals surface area contributed by atoms with Crippen LogP contribution in [-0.2, 0) is 0 Å². The van der Waals surface area contributed by atoms with Gasteiger partial charge in [0, 0.05) is 43.4 Å². The summed E-state index contributed by atoms with van der Waals surface area (Å²) < 4.78 is 49.5. The van der Waals surface area contributed by atoms with Gasteiger partial charge in [0.05, 0.1) is 44.2 Å². The third-order valence-electron chi connectivity index (χ3n) is 13.0. The first-order valence-corrected chi connectivity index (χ1v) is 20.8. The topological polar surface area (TPSA) is 36.1 Å². The highest BCUT2D eigenvalue weighted by molar-refractivity contribution is 6.26. The Hall–Kier alpha value is -7.96. The van der Waals surface area contributed by atoms with Crippen LogP contribution in [-0.4, -0.2) is 9.13 Å². The lowest BCUT2D eigenvalue weighted by atomic mass is 9.86. The lowest BCUT2D eigenvalue weighted by Crippen LogP contribution is -2.10. The molecule has 0 fully saturated rings. The van der Waals surface area contributed by atoms with Crippen LogP contribution < -0.4 is 0 Å². The first kappa shape index (κ1) is 34.9. The number of furan rings is 2. The average molecular weight is 805 g/mol. The summed E-state index contributed by atoms with van der Waals surface area (Å²) in [4.78, 5) is 0. The van der Waals surface area contributed by atoms with Gasteiger partial charge < -0.3 is 18.0 Å². The van der Waals surface area contributed by atoms with Crippen LogP contribution in [0.4, 0.5) is 8.78 Å². The molecule has 13 aromatic rings. The molecule has 0 atom stereocenters. The number of fused-ring (bicyclic) bond motifs is 14. The number of benzene rings is 9. The molecular weight excluding hydrogens is 771 g/mol. The Labute approximate surface area is 353 Å². The monoisotopic (exact) mass is 804 g/mol. The molecule has 0 spiro atoms. The second-order valence-electron chi connectivity index (χ2n) is 16.3. The standard InChI is InChI=1S/C56H34F2N2O2/c1-31-49(33-13-11-15-35(57)29-33)54(60-44-22-8-4-20-42(44)52-46(60)28-26-40-38-18-6-10-24-48(38)62-56(40)52)50(34-14-12-16-36(58)30-34)32(2)53(31)59-43-21-7-3-19-41(43)51-45(59)27-25-39-37-17-5-9-23-47(37)61-55(39)51/h3-30H,1-2H3. The molecule has 0 aliphatic heterocycles. The van der Waals surface area contributed by atoms with Crippen LogP contribution in [0, 0.1) is 25.5 Å². The summed E-state index contributed by atoms with van der Waals surface area (Å²) in [6.45, 7) is 4.26. The van der Waals surface area contributed by atoms with E-state index < -0.39 is 0 Å². The summed E-state index contributed by atoms with van der Waals surface area (Å²) in [5.74, 6) is -0.699. The summed E-state index contributed by atoms with van der Waals surface area (Å²) in [5.41, 5.74) is 13.8.